The number of amides is 1. The highest BCUT2D eigenvalue weighted by Gasteiger charge is 2.06. The van der Waals surface area contributed by atoms with Gasteiger partial charge in [0, 0.05) is 18.4 Å². The zero-order valence-corrected chi connectivity index (χ0v) is 13.0. The van der Waals surface area contributed by atoms with E-state index in [-0.39, 0.29) is 5.91 Å². The summed E-state index contributed by atoms with van der Waals surface area (Å²) < 4.78 is 0. The smallest absolute Gasteiger partial charge is 0.226 e. The molecule has 2 aromatic heterocycles. The molecule has 0 bridgehead atoms. The summed E-state index contributed by atoms with van der Waals surface area (Å²) in [6.45, 7) is 1.97. The number of benzene rings is 1. The predicted octanol–water partition coefficient (Wildman–Crippen LogP) is 3.39. The number of aryl methyl sites for hydroxylation is 1. The standard InChI is InChI=1S/C16H16N4OS/c1-11-6-8-17-14(10-11)20-15(21)7-9-22-16-18-12-4-2-3-5-13(12)19-16/h2-6,8,10H,7,9H2,1H3,(H,18,19)(H,17,20,21). The Morgan fingerprint density at radius 1 is 1.32 bits per heavy atom. The van der Waals surface area contributed by atoms with Crippen molar-refractivity contribution in [2.45, 2.75) is 18.5 Å². The molecule has 0 saturated heterocycles. The lowest BCUT2D eigenvalue weighted by atomic mass is 10.3. The van der Waals surface area contributed by atoms with Gasteiger partial charge >= 0.3 is 0 Å². The number of nitrogens with one attached hydrogen (secondary N) is 2. The second-order valence-electron chi connectivity index (χ2n) is 4.92. The first kappa shape index (κ1) is 14.6. The van der Waals surface area contributed by atoms with Crippen LogP contribution in [0.15, 0.2) is 47.8 Å². The molecule has 1 amide bonds. The van der Waals surface area contributed by atoms with Crippen molar-refractivity contribution in [2.24, 2.45) is 0 Å². The Labute approximate surface area is 132 Å². The third kappa shape index (κ3) is 3.65. The van der Waals surface area contributed by atoms with Gasteiger partial charge in [0.25, 0.3) is 0 Å². The second kappa shape index (κ2) is 6.62. The van der Waals surface area contributed by atoms with Crippen molar-refractivity contribution < 1.29 is 4.79 Å². The Morgan fingerprint density at radius 3 is 3.00 bits per heavy atom. The van der Waals surface area contributed by atoms with E-state index in [1.54, 1.807) is 18.0 Å². The van der Waals surface area contributed by atoms with Crippen LogP contribution in [0.4, 0.5) is 5.82 Å². The van der Waals surface area contributed by atoms with E-state index in [1.165, 1.54) is 0 Å². The maximum Gasteiger partial charge on any atom is 0.226 e. The van der Waals surface area contributed by atoms with Crippen molar-refractivity contribution in [1.82, 2.24) is 15.0 Å². The number of imidazole rings is 1. The Bertz CT molecular complexity index is 766. The van der Waals surface area contributed by atoms with E-state index in [2.05, 4.69) is 20.3 Å². The lowest BCUT2D eigenvalue weighted by molar-refractivity contribution is -0.115. The summed E-state index contributed by atoms with van der Waals surface area (Å²) in [6, 6.07) is 11.6. The van der Waals surface area contributed by atoms with Gasteiger partial charge in [-0.3, -0.25) is 4.79 Å². The van der Waals surface area contributed by atoms with E-state index in [0.717, 1.165) is 21.8 Å². The van der Waals surface area contributed by atoms with E-state index < -0.39 is 0 Å². The molecule has 2 heterocycles. The van der Waals surface area contributed by atoms with Crippen LogP contribution in [0, 0.1) is 6.92 Å². The minimum Gasteiger partial charge on any atom is -0.333 e. The van der Waals surface area contributed by atoms with Crippen molar-refractivity contribution in [1.29, 1.82) is 0 Å². The summed E-state index contributed by atoms with van der Waals surface area (Å²) in [6.07, 6.45) is 2.10. The lowest BCUT2D eigenvalue weighted by Gasteiger charge is -2.04. The van der Waals surface area contributed by atoms with Gasteiger partial charge in [-0.25, -0.2) is 9.97 Å². The highest BCUT2D eigenvalue weighted by molar-refractivity contribution is 7.99. The normalized spacial score (nSPS) is 10.8. The second-order valence-corrected chi connectivity index (χ2v) is 6.01. The van der Waals surface area contributed by atoms with E-state index in [9.17, 15) is 4.79 Å². The van der Waals surface area contributed by atoms with Gasteiger partial charge in [-0.15, -0.1) is 0 Å². The number of rotatable bonds is 5. The molecule has 0 spiro atoms. The quantitative estimate of drug-likeness (QED) is 0.708. The molecule has 6 heteroatoms. The number of pyridine rings is 1. The molecule has 0 aliphatic rings. The molecule has 0 unspecified atom stereocenters. The van der Waals surface area contributed by atoms with Crippen molar-refractivity contribution >= 4 is 34.5 Å². The van der Waals surface area contributed by atoms with Crippen LogP contribution in [-0.2, 0) is 4.79 Å². The third-order valence-corrected chi connectivity index (χ3v) is 3.99. The molecule has 0 fully saturated rings. The predicted molar refractivity (Wildman–Crippen MR) is 89.0 cm³/mol. The van der Waals surface area contributed by atoms with Crippen molar-refractivity contribution in [3.63, 3.8) is 0 Å². The van der Waals surface area contributed by atoms with Crippen molar-refractivity contribution in [2.75, 3.05) is 11.1 Å². The van der Waals surface area contributed by atoms with E-state index in [1.807, 2.05) is 43.3 Å². The van der Waals surface area contributed by atoms with Crippen LogP contribution < -0.4 is 5.32 Å². The highest BCUT2D eigenvalue weighted by Crippen LogP contribution is 2.19. The number of H-pyrrole nitrogens is 1. The molecule has 1 aromatic carbocycles. The summed E-state index contributed by atoms with van der Waals surface area (Å²) in [5.74, 6) is 1.22. The number of hydrogen-bond donors (Lipinski definition) is 2. The molecule has 0 aliphatic carbocycles. The average Bonchev–Trinajstić information content (AvgIpc) is 2.90. The van der Waals surface area contributed by atoms with Gasteiger partial charge in [-0.1, -0.05) is 23.9 Å². The molecule has 0 atom stereocenters. The first-order valence-electron chi connectivity index (χ1n) is 7.01. The molecule has 3 aromatic rings. The van der Waals surface area contributed by atoms with Crippen LogP contribution in [0.25, 0.3) is 11.0 Å². The number of thioether (sulfide) groups is 1. The fourth-order valence-corrected chi connectivity index (χ4v) is 2.87. The molecule has 0 aliphatic heterocycles. The molecule has 0 saturated carbocycles. The van der Waals surface area contributed by atoms with Gasteiger partial charge in [0.15, 0.2) is 5.16 Å². The number of para-hydroxylation sites is 2. The van der Waals surface area contributed by atoms with Crippen LogP contribution in [-0.4, -0.2) is 26.6 Å². The largest absolute Gasteiger partial charge is 0.333 e. The van der Waals surface area contributed by atoms with Gasteiger partial charge in [0.2, 0.25) is 5.91 Å². The summed E-state index contributed by atoms with van der Waals surface area (Å²) in [5.41, 5.74) is 3.03. The fourth-order valence-electron chi connectivity index (χ4n) is 2.05. The zero-order valence-electron chi connectivity index (χ0n) is 12.2. The summed E-state index contributed by atoms with van der Waals surface area (Å²) >= 11 is 1.54. The van der Waals surface area contributed by atoms with E-state index >= 15 is 0 Å². The zero-order chi connectivity index (χ0) is 15.4. The van der Waals surface area contributed by atoms with Crippen LogP contribution >= 0.6 is 11.8 Å². The topological polar surface area (TPSA) is 70.7 Å². The van der Waals surface area contributed by atoms with Crippen LogP contribution in [0.1, 0.15) is 12.0 Å². The molecule has 0 radical (unpaired) electrons. The molecule has 112 valence electrons. The molecular weight excluding hydrogens is 296 g/mol. The average molecular weight is 312 g/mol. The van der Waals surface area contributed by atoms with E-state index in [0.29, 0.717) is 18.0 Å². The van der Waals surface area contributed by atoms with Gasteiger partial charge < -0.3 is 10.3 Å². The van der Waals surface area contributed by atoms with Gasteiger partial charge in [-0.2, -0.15) is 0 Å². The molecule has 22 heavy (non-hydrogen) atoms. The van der Waals surface area contributed by atoms with Gasteiger partial charge in [-0.05, 0) is 36.8 Å². The van der Waals surface area contributed by atoms with Gasteiger partial charge in [0.05, 0.1) is 11.0 Å². The Kier molecular flexibility index (Phi) is 4.39. The van der Waals surface area contributed by atoms with Crippen LogP contribution in [0.3, 0.4) is 0 Å². The number of aromatic nitrogens is 3. The maximum atomic E-state index is 11.9. The van der Waals surface area contributed by atoms with E-state index in [4.69, 9.17) is 0 Å². The molecule has 2 N–H and O–H groups in total. The fraction of sp³-hybridized carbons (Fsp3) is 0.188. The minimum atomic E-state index is -0.0401. The number of carbonyl (C=O) groups excluding carboxylic acids is 1. The molecule has 3 rings (SSSR count). The summed E-state index contributed by atoms with van der Waals surface area (Å²) in [7, 11) is 0. The number of hydrogen-bond acceptors (Lipinski definition) is 4. The maximum absolute atomic E-state index is 11.9. The number of anilines is 1. The number of nitrogens with zero attached hydrogens (tertiary/aromatic N) is 2. The Balaban J connectivity index is 1.51. The summed E-state index contributed by atoms with van der Waals surface area (Å²) in [5, 5.41) is 3.64. The van der Waals surface area contributed by atoms with Crippen molar-refractivity contribution in [3.8, 4) is 0 Å². The van der Waals surface area contributed by atoms with Crippen LogP contribution in [0.2, 0.25) is 0 Å². The third-order valence-electron chi connectivity index (χ3n) is 3.12. The van der Waals surface area contributed by atoms with Crippen LogP contribution in [0.5, 0.6) is 0 Å². The first-order valence-corrected chi connectivity index (χ1v) is 7.99. The Morgan fingerprint density at radius 2 is 2.18 bits per heavy atom. The number of carbonyl (C=O) groups is 1. The SMILES string of the molecule is Cc1ccnc(NC(=O)CCSc2nc3ccccc3[nH]2)c1. The number of aromatic amines is 1. The lowest BCUT2D eigenvalue weighted by Crippen LogP contribution is -2.13. The minimum absolute atomic E-state index is 0.0401. The summed E-state index contributed by atoms with van der Waals surface area (Å²) in [4.78, 5) is 23.7. The number of fused-ring (bicyclic) bond motifs is 1. The monoisotopic (exact) mass is 312 g/mol. The highest BCUT2D eigenvalue weighted by atomic mass is 32.2. The molecular formula is C16H16N4OS. The van der Waals surface area contributed by atoms with Crippen molar-refractivity contribution in [3.05, 3.63) is 48.2 Å². The molecule has 5 nitrogen and oxygen atoms in total. The first-order chi connectivity index (χ1) is 10.7. The van der Waals surface area contributed by atoms with Gasteiger partial charge in [0.1, 0.15) is 5.82 Å². The Hall–Kier alpha value is -2.34.